The van der Waals surface area contributed by atoms with E-state index in [-0.39, 0.29) is 18.4 Å². The van der Waals surface area contributed by atoms with Gasteiger partial charge in [-0.05, 0) is 6.07 Å². The van der Waals surface area contributed by atoms with Crippen LogP contribution in [0.3, 0.4) is 0 Å². The van der Waals surface area contributed by atoms with Gasteiger partial charge in [-0.2, -0.15) is 0 Å². The van der Waals surface area contributed by atoms with Crippen molar-refractivity contribution >= 4 is 23.4 Å². The first-order chi connectivity index (χ1) is 9.63. The summed E-state index contributed by atoms with van der Waals surface area (Å²) in [6, 6.07) is 1.60. The maximum atomic E-state index is 12.3. The van der Waals surface area contributed by atoms with Crippen LogP contribution in [0.2, 0.25) is 5.02 Å². The zero-order valence-corrected chi connectivity index (χ0v) is 12.0. The van der Waals surface area contributed by atoms with Crippen LogP contribution in [0.5, 0.6) is 0 Å². The third-order valence-corrected chi connectivity index (χ3v) is 3.49. The topological polar surface area (TPSA) is 62.7 Å². The molecule has 0 saturated carbocycles. The van der Waals surface area contributed by atoms with Gasteiger partial charge in [0.2, 0.25) is 5.91 Å². The van der Waals surface area contributed by atoms with E-state index in [1.807, 2.05) is 0 Å². The third kappa shape index (κ3) is 3.26. The first-order valence-corrected chi connectivity index (χ1v) is 6.66. The number of rotatable bonds is 3. The summed E-state index contributed by atoms with van der Waals surface area (Å²) in [5, 5.41) is 0.343. The van der Waals surface area contributed by atoms with Gasteiger partial charge in [0.25, 0.3) is 5.91 Å². The highest BCUT2D eigenvalue weighted by molar-refractivity contribution is 6.33. The predicted molar refractivity (Wildman–Crippen MR) is 73.6 cm³/mol. The van der Waals surface area contributed by atoms with Crippen LogP contribution in [0.15, 0.2) is 18.5 Å². The molecule has 1 fully saturated rings. The number of ether oxygens (including phenoxy) is 1. The number of hydrogen-bond acceptors (Lipinski definition) is 4. The number of methoxy groups -OCH3 is 1. The van der Waals surface area contributed by atoms with Crippen LogP contribution in [0, 0.1) is 0 Å². The highest BCUT2D eigenvalue weighted by atomic mass is 35.5. The second kappa shape index (κ2) is 6.67. The Morgan fingerprint density at radius 3 is 2.55 bits per heavy atom. The molecular formula is C13H16ClN3O3. The minimum atomic E-state index is -0.128. The van der Waals surface area contributed by atoms with Crippen molar-refractivity contribution in [3.8, 4) is 0 Å². The zero-order chi connectivity index (χ0) is 14.5. The molecule has 6 nitrogen and oxygen atoms in total. The Morgan fingerprint density at radius 2 is 1.95 bits per heavy atom. The molecule has 1 aromatic rings. The Bertz CT molecular complexity index is 501. The zero-order valence-electron chi connectivity index (χ0n) is 11.2. The van der Waals surface area contributed by atoms with E-state index in [1.54, 1.807) is 15.9 Å². The van der Waals surface area contributed by atoms with Gasteiger partial charge in [-0.25, -0.2) is 0 Å². The molecule has 2 heterocycles. The van der Waals surface area contributed by atoms with Gasteiger partial charge < -0.3 is 14.5 Å². The maximum Gasteiger partial charge on any atom is 0.255 e. The Morgan fingerprint density at radius 1 is 1.30 bits per heavy atom. The summed E-state index contributed by atoms with van der Waals surface area (Å²) in [7, 11) is 1.49. The molecule has 0 spiro atoms. The van der Waals surface area contributed by atoms with Gasteiger partial charge in [0.05, 0.1) is 10.6 Å². The molecule has 0 aromatic carbocycles. The van der Waals surface area contributed by atoms with E-state index >= 15 is 0 Å². The maximum absolute atomic E-state index is 12.3. The van der Waals surface area contributed by atoms with Crippen LogP contribution in [0.25, 0.3) is 0 Å². The predicted octanol–water partition coefficient (Wildman–Crippen LogP) is 0.666. The molecule has 0 aliphatic carbocycles. The van der Waals surface area contributed by atoms with Gasteiger partial charge in [-0.3, -0.25) is 14.6 Å². The number of aromatic nitrogens is 1. The molecule has 0 N–H and O–H groups in total. The Balaban J connectivity index is 1.96. The van der Waals surface area contributed by atoms with Crippen LogP contribution < -0.4 is 0 Å². The minimum absolute atomic E-state index is 0.0541. The lowest BCUT2D eigenvalue weighted by atomic mass is 10.2. The molecule has 1 aliphatic rings. The van der Waals surface area contributed by atoms with Gasteiger partial charge in [0.15, 0.2) is 0 Å². The average Bonchev–Trinajstić information content (AvgIpc) is 2.47. The summed E-state index contributed by atoms with van der Waals surface area (Å²) in [4.78, 5) is 31.2. The second-order valence-electron chi connectivity index (χ2n) is 4.46. The monoisotopic (exact) mass is 297 g/mol. The standard InChI is InChI=1S/C13H16ClN3O3/c1-20-9-12(18)16-4-6-17(7-5-16)13(19)10-2-3-15-8-11(10)14/h2-3,8H,4-7,9H2,1H3. The highest BCUT2D eigenvalue weighted by Crippen LogP contribution is 2.16. The Kier molecular flexibility index (Phi) is 4.92. The molecule has 2 amide bonds. The molecule has 0 unspecified atom stereocenters. The van der Waals surface area contributed by atoms with Gasteiger partial charge in [0, 0.05) is 45.7 Å². The molecule has 2 rings (SSSR count). The number of amides is 2. The SMILES string of the molecule is COCC(=O)N1CCN(C(=O)c2ccncc2Cl)CC1. The number of hydrogen-bond donors (Lipinski definition) is 0. The van der Waals surface area contributed by atoms with Crippen molar-refractivity contribution in [2.75, 3.05) is 39.9 Å². The van der Waals surface area contributed by atoms with Crippen molar-refractivity contribution < 1.29 is 14.3 Å². The van der Waals surface area contributed by atoms with Crippen molar-refractivity contribution in [3.05, 3.63) is 29.0 Å². The summed E-state index contributed by atoms with van der Waals surface area (Å²) in [6.07, 6.45) is 2.99. The van der Waals surface area contributed by atoms with E-state index in [0.717, 1.165) is 0 Å². The van der Waals surface area contributed by atoms with Crippen molar-refractivity contribution in [2.45, 2.75) is 0 Å². The Hall–Kier alpha value is -1.66. The smallest absolute Gasteiger partial charge is 0.255 e. The number of nitrogens with zero attached hydrogens (tertiary/aromatic N) is 3. The first kappa shape index (κ1) is 14.7. The molecule has 1 saturated heterocycles. The van der Waals surface area contributed by atoms with Crippen LogP contribution >= 0.6 is 11.6 Å². The van der Waals surface area contributed by atoms with Gasteiger partial charge >= 0.3 is 0 Å². The van der Waals surface area contributed by atoms with E-state index in [2.05, 4.69) is 4.98 Å². The lowest BCUT2D eigenvalue weighted by Gasteiger charge is -2.34. The lowest BCUT2D eigenvalue weighted by molar-refractivity contribution is -0.136. The number of piperazine rings is 1. The first-order valence-electron chi connectivity index (χ1n) is 6.29. The van der Waals surface area contributed by atoms with E-state index < -0.39 is 0 Å². The van der Waals surface area contributed by atoms with E-state index in [1.165, 1.54) is 19.5 Å². The summed E-state index contributed by atoms with van der Waals surface area (Å²) in [5.74, 6) is -0.183. The fraction of sp³-hybridized carbons (Fsp3) is 0.462. The second-order valence-corrected chi connectivity index (χ2v) is 4.87. The van der Waals surface area contributed by atoms with Gasteiger partial charge in [0.1, 0.15) is 6.61 Å². The molecular weight excluding hydrogens is 282 g/mol. The molecule has 1 aliphatic heterocycles. The summed E-state index contributed by atoms with van der Waals surface area (Å²) in [6.45, 7) is 2.08. The van der Waals surface area contributed by atoms with Gasteiger partial charge in [-0.1, -0.05) is 11.6 Å². The average molecular weight is 298 g/mol. The molecule has 0 atom stereocenters. The largest absolute Gasteiger partial charge is 0.375 e. The summed E-state index contributed by atoms with van der Waals surface area (Å²) < 4.78 is 4.82. The molecule has 108 valence electrons. The third-order valence-electron chi connectivity index (χ3n) is 3.19. The van der Waals surface area contributed by atoms with Crippen molar-refractivity contribution in [2.24, 2.45) is 0 Å². The van der Waals surface area contributed by atoms with Crippen molar-refractivity contribution in [3.63, 3.8) is 0 Å². The lowest BCUT2D eigenvalue weighted by Crippen LogP contribution is -2.51. The van der Waals surface area contributed by atoms with Gasteiger partial charge in [-0.15, -0.1) is 0 Å². The quantitative estimate of drug-likeness (QED) is 0.822. The fourth-order valence-electron chi connectivity index (χ4n) is 2.09. The molecule has 7 heteroatoms. The minimum Gasteiger partial charge on any atom is -0.375 e. The van der Waals surface area contributed by atoms with Crippen LogP contribution in [0.1, 0.15) is 10.4 Å². The van der Waals surface area contributed by atoms with Crippen LogP contribution in [0.4, 0.5) is 0 Å². The van der Waals surface area contributed by atoms with E-state index in [4.69, 9.17) is 16.3 Å². The molecule has 20 heavy (non-hydrogen) atoms. The number of halogens is 1. The van der Waals surface area contributed by atoms with E-state index in [0.29, 0.717) is 36.8 Å². The number of carbonyl (C=O) groups is 2. The number of carbonyl (C=O) groups excluding carboxylic acids is 2. The fourth-order valence-corrected chi connectivity index (χ4v) is 2.29. The number of pyridine rings is 1. The molecule has 1 aromatic heterocycles. The highest BCUT2D eigenvalue weighted by Gasteiger charge is 2.25. The van der Waals surface area contributed by atoms with E-state index in [9.17, 15) is 9.59 Å². The summed E-state index contributed by atoms with van der Waals surface area (Å²) >= 11 is 5.97. The van der Waals surface area contributed by atoms with Crippen LogP contribution in [-0.2, 0) is 9.53 Å². The molecule has 0 bridgehead atoms. The van der Waals surface area contributed by atoms with Crippen LogP contribution in [-0.4, -0.2) is 66.5 Å². The normalized spacial score (nSPS) is 15.3. The Labute approximate surface area is 122 Å². The van der Waals surface area contributed by atoms with Crippen molar-refractivity contribution in [1.29, 1.82) is 0 Å². The summed E-state index contributed by atoms with van der Waals surface area (Å²) in [5.41, 5.74) is 0.443. The molecule has 0 radical (unpaired) electrons. The van der Waals surface area contributed by atoms with Crippen molar-refractivity contribution in [1.82, 2.24) is 14.8 Å².